The molecule has 7 heteroatoms. The molecule has 2 aromatic heterocycles. The Morgan fingerprint density at radius 1 is 1.27 bits per heavy atom. The van der Waals surface area contributed by atoms with Gasteiger partial charge in [-0.1, -0.05) is 6.07 Å². The number of pyridine rings is 1. The van der Waals surface area contributed by atoms with Gasteiger partial charge in [-0.05, 0) is 24.3 Å². The summed E-state index contributed by atoms with van der Waals surface area (Å²) in [6, 6.07) is 9.08. The number of carbonyl (C=O) groups excluding carboxylic acids is 1. The number of carbonyl (C=O) groups is 1. The number of esters is 1. The van der Waals surface area contributed by atoms with Crippen molar-refractivity contribution in [2.45, 2.75) is 6.61 Å². The zero-order chi connectivity index (χ0) is 15.5. The fourth-order valence-corrected chi connectivity index (χ4v) is 1.98. The van der Waals surface area contributed by atoms with Crippen molar-refractivity contribution in [3.05, 3.63) is 59.8 Å². The second kappa shape index (κ2) is 5.80. The van der Waals surface area contributed by atoms with Crippen LogP contribution in [0.5, 0.6) is 5.75 Å². The van der Waals surface area contributed by atoms with E-state index in [1.165, 1.54) is 19.2 Å². The molecule has 0 fully saturated rings. The molecule has 0 aliphatic carbocycles. The highest BCUT2D eigenvalue weighted by atomic mass is 19.1. The Labute approximate surface area is 125 Å². The lowest BCUT2D eigenvalue weighted by atomic mass is 10.3. The third-order valence-corrected chi connectivity index (χ3v) is 3.06. The molecule has 2 heterocycles. The Hall–Kier alpha value is -2.96. The van der Waals surface area contributed by atoms with E-state index in [1.807, 2.05) is 0 Å². The second-order valence-electron chi connectivity index (χ2n) is 4.50. The minimum absolute atomic E-state index is 0.0925. The van der Waals surface area contributed by atoms with Crippen LogP contribution < -0.4 is 4.74 Å². The van der Waals surface area contributed by atoms with Gasteiger partial charge in [0, 0.05) is 12.3 Å². The van der Waals surface area contributed by atoms with Crippen molar-refractivity contribution in [2.24, 2.45) is 0 Å². The van der Waals surface area contributed by atoms with E-state index in [2.05, 4.69) is 14.9 Å². The van der Waals surface area contributed by atoms with Crippen LogP contribution >= 0.6 is 0 Å². The number of aromatic nitrogens is 3. The van der Waals surface area contributed by atoms with Crippen LogP contribution in [0.3, 0.4) is 0 Å². The summed E-state index contributed by atoms with van der Waals surface area (Å²) < 4.78 is 24.9. The maximum atomic E-state index is 13.1. The number of hydrogen-bond donors (Lipinski definition) is 0. The Bertz CT molecular complexity index is 832. The second-order valence-corrected chi connectivity index (χ2v) is 4.50. The Balaban J connectivity index is 1.85. The SMILES string of the molecule is COC(=O)c1ccc2nnc(COc3cccc(F)c3)n2c1. The number of halogens is 1. The molecule has 3 rings (SSSR count). The van der Waals surface area contributed by atoms with Gasteiger partial charge in [0.1, 0.15) is 18.2 Å². The van der Waals surface area contributed by atoms with Crippen LogP contribution in [-0.4, -0.2) is 27.7 Å². The van der Waals surface area contributed by atoms with Crippen LogP contribution in [0.1, 0.15) is 16.2 Å². The lowest BCUT2D eigenvalue weighted by Crippen LogP contribution is -2.05. The van der Waals surface area contributed by atoms with E-state index in [0.717, 1.165) is 0 Å². The zero-order valence-corrected chi connectivity index (χ0v) is 11.7. The first-order chi connectivity index (χ1) is 10.7. The topological polar surface area (TPSA) is 65.7 Å². The van der Waals surface area contributed by atoms with Crippen molar-refractivity contribution < 1.29 is 18.7 Å². The molecule has 112 valence electrons. The summed E-state index contributed by atoms with van der Waals surface area (Å²) in [7, 11) is 1.31. The van der Waals surface area contributed by atoms with Gasteiger partial charge in [-0.3, -0.25) is 4.40 Å². The van der Waals surface area contributed by atoms with E-state index in [4.69, 9.17) is 4.74 Å². The number of nitrogens with zero attached hydrogens (tertiary/aromatic N) is 3. The molecule has 1 aromatic carbocycles. The smallest absolute Gasteiger partial charge is 0.339 e. The molecular weight excluding hydrogens is 289 g/mol. The number of methoxy groups -OCH3 is 1. The molecule has 3 aromatic rings. The summed E-state index contributed by atoms with van der Waals surface area (Å²) in [4.78, 5) is 11.6. The van der Waals surface area contributed by atoms with Gasteiger partial charge in [0.15, 0.2) is 11.5 Å². The van der Waals surface area contributed by atoms with Crippen molar-refractivity contribution in [1.29, 1.82) is 0 Å². The van der Waals surface area contributed by atoms with Gasteiger partial charge < -0.3 is 9.47 Å². The number of hydrogen-bond acceptors (Lipinski definition) is 5. The summed E-state index contributed by atoms with van der Waals surface area (Å²) in [5.74, 6) is 0.0510. The van der Waals surface area contributed by atoms with E-state index in [0.29, 0.717) is 22.8 Å². The normalized spacial score (nSPS) is 10.6. The average Bonchev–Trinajstić information content (AvgIpc) is 2.94. The first kappa shape index (κ1) is 14.0. The lowest BCUT2D eigenvalue weighted by Gasteiger charge is -2.05. The van der Waals surface area contributed by atoms with Gasteiger partial charge in [0.2, 0.25) is 0 Å². The summed E-state index contributed by atoms with van der Waals surface area (Å²) in [5.41, 5.74) is 0.951. The predicted molar refractivity (Wildman–Crippen MR) is 75.1 cm³/mol. The highest BCUT2D eigenvalue weighted by Gasteiger charge is 2.11. The van der Waals surface area contributed by atoms with Gasteiger partial charge in [0.25, 0.3) is 0 Å². The molecule has 0 aliphatic heterocycles. The zero-order valence-electron chi connectivity index (χ0n) is 11.7. The van der Waals surface area contributed by atoms with Crippen LogP contribution in [0.4, 0.5) is 4.39 Å². The minimum Gasteiger partial charge on any atom is -0.485 e. The van der Waals surface area contributed by atoms with Crippen molar-refractivity contribution in [2.75, 3.05) is 7.11 Å². The van der Waals surface area contributed by atoms with Crippen molar-refractivity contribution >= 4 is 11.6 Å². The molecule has 0 unspecified atom stereocenters. The summed E-state index contributed by atoms with van der Waals surface area (Å²) >= 11 is 0. The first-order valence-electron chi connectivity index (χ1n) is 6.48. The third kappa shape index (κ3) is 2.73. The van der Waals surface area contributed by atoms with Crippen LogP contribution in [0.25, 0.3) is 5.65 Å². The van der Waals surface area contributed by atoms with Crippen molar-refractivity contribution in [3.8, 4) is 5.75 Å². The Morgan fingerprint density at radius 3 is 2.91 bits per heavy atom. The maximum Gasteiger partial charge on any atom is 0.339 e. The standard InChI is InChI=1S/C15H12FN3O3/c1-21-15(20)10-5-6-13-17-18-14(19(13)8-10)9-22-12-4-2-3-11(16)7-12/h2-8H,9H2,1H3. The number of benzene rings is 1. The molecule has 0 spiro atoms. The molecule has 0 saturated heterocycles. The van der Waals surface area contributed by atoms with Gasteiger partial charge in [-0.15, -0.1) is 10.2 Å². The van der Waals surface area contributed by atoms with Crippen molar-refractivity contribution in [1.82, 2.24) is 14.6 Å². The van der Waals surface area contributed by atoms with E-state index < -0.39 is 5.97 Å². The molecule has 0 atom stereocenters. The number of rotatable bonds is 4. The van der Waals surface area contributed by atoms with Crippen LogP contribution in [0.2, 0.25) is 0 Å². The Kier molecular flexibility index (Phi) is 3.69. The van der Waals surface area contributed by atoms with Gasteiger partial charge in [0.05, 0.1) is 12.7 Å². The molecular formula is C15H12FN3O3. The van der Waals surface area contributed by atoms with Crippen molar-refractivity contribution in [3.63, 3.8) is 0 Å². The fourth-order valence-electron chi connectivity index (χ4n) is 1.98. The number of ether oxygens (including phenoxy) is 2. The maximum absolute atomic E-state index is 13.1. The van der Waals surface area contributed by atoms with Crippen LogP contribution in [-0.2, 0) is 11.3 Å². The molecule has 0 aliphatic rings. The highest BCUT2D eigenvalue weighted by Crippen LogP contribution is 2.14. The van der Waals surface area contributed by atoms with E-state index >= 15 is 0 Å². The first-order valence-corrected chi connectivity index (χ1v) is 6.48. The quantitative estimate of drug-likeness (QED) is 0.691. The fraction of sp³-hybridized carbons (Fsp3) is 0.133. The molecule has 0 N–H and O–H groups in total. The monoisotopic (exact) mass is 301 g/mol. The van der Waals surface area contributed by atoms with Crippen LogP contribution in [0.15, 0.2) is 42.6 Å². The molecule has 0 bridgehead atoms. The highest BCUT2D eigenvalue weighted by molar-refractivity contribution is 5.89. The van der Waals surface area contributed by atoms with Gasteiger partial charge >= 0.3 is 5.97 Å². The van der Waals surface area contributed by atoms with Gasteiger partial charge in [-0.2, -0.15) is 0 Å². The average molecular weight is 301 g/mol. The molecule has 0 saturated carbocycles. The number of fused-ring (bicyclic) bond motifs is 1. The molecule has 0 amide bonds. The van der Waals surface area contributed by atoms with E-state index in [-0.39, 0.29) is 12.4 Å². The predicted octanol–water partition coefficient (Wildman–Crippen LogP) is 2.23. The largest absolute Gasteiger partial charge is 0.485 e. The summed E-state index contributed by atoms with van der Waals surface area (Å²) in [6.07, 6.45) is 1.57. The molecule has 22 heavy (non-hydrogen) atoms. The summed E-state index contributed by atoms with van der Waals surface area (Å²) in [6.45, 7) is 0.0925. The minimum atomic E-state index is -0.451. The third-order valence-electron chi connectivity index (χ3n) is 3.06. The molecule has 6 nitrogen and oxygen atoms in total. The molecule has 0 radical (unpaired) electrons. The Morgan fingerprint density at radius 2 is 2.14 bits per heavy atom. The van der Waals surface area contributed by atoms with E-state index in [9.17, 15) is 9.18 Å². The van der Waals surface area contributed by atoms with E-state index in [1.54, 1.807) is 34.9 Å². The lowest BCUT2D eigenvalue weighted by molar-refractivity contribution is 0.0600. The summed E-state index contributed by atoms with van der Waals surface area (Å²) in [5, 5.41) is 7.98. The van der Waals surface area contributed by atoms with Gasteiger partial charge in [-0.25, -0.2) is 9.18 Å². The van der Waals surface area contributed by atoms with Crippen LogP contribution in [0, 0.1) is 5.82 Å².